The van der Waals surface area contributed by atoms with E-state index >= 15 is 0 Å². The normalized spacial score (nSPS) is 23.7. The van der Waals surface area contributed by atoms with E-state index in [4.69, 9.17) is 9.47 Å². The SMILES string of the molecule is CC(C)(CCCN1CCOCC1)CN1CCOCC1. The molecule has 2 heterocycles. The Hall–Kier alpha value is -0.160. The Morgan fingerprint density at radius 3 is 1.95 bits per heavy atom. The third-order valence-electron chi connectivity index (χ3n) is 4.19. The summed E-state index contributed by atoms with van der Waals surface area (Å²) in [6, 6.07) is 0. The zero-order chi connectivity index (χ0) is 13.6. The summed E-state index contributed by atoms with van der Waals surface area (Å²) in [6.07, 6.45) is 2.61. The minimum Gasteiger partial charge on any atom is -0.379 e. The average molecular weight is 270 g/mol. The molecule has 19 heavy (non-hydrogen) atoms. The fraction of sp³-hybridized carbons (Fsp3) is 1.00. The molecule has 2 fully saturated rings. The van der Waals surface area contributed by atoms with E-state index in [1.165, 1.54) is 25.9 Å². The van der Waals surface area contributed by atoms with Gasteiger partial charge in [-0.05, 0) is 24.8 Å². The Labute approximate surface area is 118 Å². The first-order valence-electron chi connectivity index (χ1n) is 7.76. The molecule has 0 radical (unpaired) electrons. The lowest BCUT2D eigenvalue weighted by molar-refractivity contribution is 0.0171. The van der Waals surface area contributed by atoms with Crippen LogP contribution in [0.4, 0.5) is 0 Å². The maximum Gasteiger partial charge on any atom is 0.0594 e. The van der Waals surface area contributed by atoms with Gasteiger partial charge >= 0.3 is 0 Å². The molecule has 0 atom stereocenters. The molecular weight excluding hydrogens is 240 g/mol. The van der Waals surface area contributed by atoms with Gasteiger partial charge in [-0.1, -0.05) is 13.8 Å². The molecular formula is C15H30N2O2. The van der Waals surface area contributed by atoms with Gasteiger partial charge in [-0.2, -0.15) is 0 Å². The Morgan fingerprint density at radius 2 is 1.37 bits per heavy atom. The van der Waals surface area contributed by atoms with Crippen LogP contribution in [0.15, 0.2) is 0 Å². The van der Waals surface area contributed by atoms with Gasteiger partial charge in [0.15, 0.2) is 0 Å². The molecule has 0 unspecified atom stereocenters. The van der Waals surface area contributed by atoms with Crippen molar-refractivity contribution in [2.24, 2.45) is 5.41 Å². The van der Waals surface area contributed by atoms with Crippen LogP contribution in [-0.4, -0.2) is 75.5 Å². The van der Waals surface area contributed by atoms with Crippen LogP contribution in [0.2, 0.25) is 0 Å². The van der Waals surface area contributed by atoms with E-state index in [0.29, 0.717) is 5.41 Å². The molecule has 0 aromatic rings. The van der Waals surface area contributed by atoms with Gasteiger partial charge in [0.25, 0.3) is 0 Å². The molecule has 112 valence electrons. The summed E-state index contributed by atoms with van der Waals surface area (Å²) < 4.78 is 10.8. The maximum atomic E-state index is 5.41. The fourth-order valence-electron chi connectivity index (χ4n) is 3.05. The van der Waals surface area contributed by atoms with Crippen molar-refractivity contribution in [3.05, 3.63) is 0 Å². The van der Waals surface area contributed by atoms with Crippen LogP contribution in [-0.2, 0) is 9.47 Å². The Morgan fingerprint density at radius 1 is 0.842 bits per heavy atom. The van der Waals surface area contributed by atoms with Crippen molar-refractivity contribution in [3.8, 4) is 0 Å². The summed E-state index contributed by atoms with van der Waals surface area (Å²) in [6.45, 7) is 15.3. The van der Waals surface area contributed by atoms with Crippen LogP contribution in [0.25, 0.3) is 0 Å². The fourth-order valence-corrected chi connectivity index (χ4v) is 3.05. The number of hydrogen-bond donors (Lipinski definition) is 0. The Kier molecular flexibility index (Phi) is 6.07. The van der Waals surface area contributed by atoms with E-state index in [0.717, 1.165) is 52.6 Å². The number of morpholine rings is 2. The van der Waals surface area contributed by atoms with Gasteiger partial charge in [-0.15, -0.1) is 0 Å². The van der Waals surface area contributed by atoms with Gasteiger partial charge in [-0.3, -0.25) is 9.80 Å². The van der Waals surface area contributed by atoms with Crippen LogP contribution in [0, 0.1) is 5.41 Å². The van der Waals surface area contributed by atoms with Crippen molar-refractivity contribution < 1.29 is 9.47 Å². The quantitative estimate of drug-likeness (QED) is 0.729. The van der Waals surface area contributed by atoms with Crippen LogP contribution in [0.1, 0.15) is 26.7 Å². The first-order chi connectivity index (χ1) is 9.16. The summed E-state index contributed by atoms with van der Waals surface area (Å²) >= 11 is 0. The highest BCUT2D eigenvalue weighted by molar-refractivity contribution is 4.76. The van der Waals surface area contributed by atoms with Crippen molar-refractivity contribution in [2.75, 3.05) is 65.7 Å². The second kappa shape index (κ2) is 7.58. The molecule has 2 rings (SSSR count). The van der Waals surface area contributed by atoms with E-state index in [-0.39, 0.29) is 0 Å². The predicted molar refractivity (Wildman–Crippen MR) is 77.5 cm³/mol. The van der Waals surface area contributed by atoms with Crippen LogP contribution in [0.3, 0.4) is 0 Å². The van der Waals surface area contributed by atoms with Gasteiger partial charge in [0.1, 0.15) is 0 Å². The molecule has 2 saturated heterocycles. The smallest absolute Gasteiger partial charge is 0.0594 e. The summed E-state index contributed by atoms with van der Waals surface area (Å²) in [5.41, 5.74) is 0.420. The lowest BCUT2D eigenvalue weighted by Crippen LogP contribution is -2.42. The van der Waals surface area contributed by atoms with E-state index in [1.54, 1.807) is 0 Å². The number of ether oxygens (including phenoxy) is 2. The first-order valence-corrected chi connectivity index (χ1v) is 7.76. The number of nitrogens with zero attached hydrogens (tertiary/aromatic N) is 2. The molecule has 2 aliphatic rings. The zero-order valence-corrected chi connectivity index (χ0v) is 12.7. The third-order valence-corrected chi connectivity index (χ3v) is 4.19. The molecule has 0 bridgehead atoms. The zero-order valence-electron chi connectivity index (χ0n) is 12.7. The van der Waals surface area contributed by atoms with E-state index in [1.807, 2.05) is 0 Å². The topological polar surface area (TPSA) is 24.9 Å². The lowest BCUT2D eigenvalue weighted by Gasteiger charge is -2.35. The average Bonchev–Trinajstić information content (AvgIpc) is 2.40. The Balaban J connectivity index is 1.62. The highest BCUT2D eigenvalue weighted by atomic mass is 16.5. The number of hydrogen-bond acceptors (Lipinski definition) is 4. The van der Waals surface area contributed by atoms with Gasteiger partial charge < -0.3 is 9.47 Å². The second-order valence-corrected chi connectivity index (χ2v) is 6.61. The molecule has 0 spiro atoms. The van der Waals surface area contributed by atoms with Gasteiger partial charge in [0.05, 0.1) is 26.4 Å². The van der Waals surface area contributed by atoms with Crippen molar-refractivity contribution in [2.45, 2.75) is 26.7 Å². The van der Waals surface area contributed by atoms with E-state index in [9.17, 15) is 0 Å². The highest BCUT2D eigenvalue weighted by Crippen LogP contribution is 2.24. The van der Waals surface area contributed by atoms with Crippen LogP contribution >= 0.6 is 0 Å². The molecule has 0 aliphatic carbocycles. The van der Waals surface area contributed by atoms with Gasteiger partial charge in [0.2, 0.25) is 0 Å². The molecule has 4 nitrogen and oxygen atoms in total. The van der Waals surface area contributed by atoms with Crippen molar-refractivity contribution in [1.29, 1.82) is 0 Å². The summed E-state index contributed by atoms with van der Waals surface area (Å²) in [7, 11) is 0. The summed E-state index contributed by atoms with van der Waals surface area (Å²) in [5.74, 6) is 0. The lowest BCUT2D eigenvalue weighted by atomic mass is 9.87. The monoisotopic (exact) mass is 270 g/mol. The molecule has 2 aliphatic heterocycles. The third kappa shape index (κ3) is 5.78. The Bertz CT molecular complexity index is 247. The molecule has 0 amide bonds. The summed E-state index contributed by atoms with van der Waals surface area (Å²) in [4.78, 5) is 5.09. The van der Waals surface area contributed by atoms with Crippen molar-refractivity contribution in [3.63, 3.8) is 0 Å². The summed E-state index contributed by atoms with van der Waals surface area (Å²) in [5, 5.41) is 0. The van der Waals surface area contributed by atoms with Crippen LogP contribution in [0.5, 0.6) is 0 Å². The first kappa shape index (κ1) is 15.2. The van der Waals surface area contributed by atoms with Gasteiger partial charge in [-0.25, -0.2) is 0 Å². The standard InChI is InChI=1S/C15H30N2O2/c1-15(2,14-17-8-12-19-13-9-17)4-3-5-16-6-10-18-11-7-16/h3-14H2,1-2H3. The van der Waals surface area contributed by atoms with Crippen molar-refractivity contribution >= 4 is 0 Å². The van der Waals surface area contributed by atoms with E-state index < -0.39 is 0 Å². The van der Waals surface area contributed by atoms with E-state index in [2.05, 4.69) is 23.6 Å². The molecule has 0 aromatic heterocycles. The molecule has 0 aromatic carbocycles. The molecule has 4 heteroatoms. The van der Waals surface area contributed by atoms with Crippen molar-refractivity contribution in [1.82, 2.24) is 9.80 Å². The minimum absolute atomic E-state index is 0.420. The maximum absolute atomic E-state index is 5.41. The largest absolute Gasteiger partial charge is 0.379 e. The van der Waals surface area contributed by atoms with Gasteiger partial charge in [0, 0.05) is 32.7 Å². The number of rotatable bonds is 6. The minimum atomic E-state index is 0.420. The second-order valence-electron chi connectivity index (χ2n) is 6.61. The predicted octanol–water partition coefficient (Wildman–Crippen LogP) is 1.46. The van der Waals surface area contributed by atoms with Crippen LogP contribution < -0.4 is 0 Å². The highest BCUT2D eigenvalue weighted by Gasteiger charge is 2.23. The molecule has 0 saturated carbocycles. The molecule has 0 N–H and O–H groups in total.